The average Bonchev–Trinajstić information content (AvgIpc) is 3.33. The van der Waals surface area contributed by atoms with E-state index in [2.05, 4.69) is 10.6 Å². The largest absolute Gasteiger partial charge is 0.467 e. The smallest absolute Gasteiger partial charge is 0.321 e. The van der Waals surface area contributed by atoms with Crippen LogP contribution in [-0.4, -0.2) is 47.4 Å². The number of imide groups is 1. The van der Waals surface area contributed by atoms with Gasteiger partial charge in [0.25, 0.3) is 5.91 Å². The highest BCUT2D eigenvalue weighted by molar-refractivity contribution is 5.97. The molecule has 9 nitrogen and oxygen atoms in total. The lowest BCUT2D eigenvalue weighted by Crippen LogP contribution is -2.48. The maximum Gasteiger partial charge on any atom is 0.321 e. The predicted molar refractivity (Wildman–Crippen MR) is 101 cm³/mol. The van der Waals surface area contributed by atoms with Crippen LogP contribution in [0.3, 0.4) is 0 Å². The lowest BCUT2D eigenvalue weighted by Gasteiger charge is -2.23. The topological polar surface area (TPSA) is 118 Å². The summed E-state index contributed by atoms with van der Waals surface area (Å²) in [5, 5.41) is 4.99. The van der Waals surface area contributed by atoms with Gasteiger partial charge in [0.15, 0.2) is 6.10 Å². The minimum Gasteiger partial charge on any atom is -0.467 e. The Morgan fingerprint density at radius 1 is 1.28 bits per heavy atom. The van der Waals surface area contributed by atoms with Gasteiger partial charge in [-0.05, 0) is 31.9 Å². The third-order valence-electron chi connectivity index (χ3n) is 5.31. The van der Waals surface area contributed by atoms with Crippen molar-refractivity contribution in [1.82, 2.24) is 15.5 Å². The molecule has 2 heterocycles. The van der Waals surface area contributed by atoms with E-state index in [0.717, 1.165) is 32.1 Å². The number of ether oxygens (including phenoxy) is 1. The summed E-state index contributed by atoms with van der Waals surface area (Å²) in [6.07, 6.45) is 5.49. The summed E-state index contributed by atoms with van der Waals surface area (Å²) in [6, 6.07) is 2.97. The molecule has 9 heteroatoms. The first-order valence-corrected chi connectivity index (χ1v) is 10.0. The molecule has 0 aromatic carbocycles. The van der Waals surface area contributed by atoms with Crippen molar-refractivity contribution in [3.05, 3.63) is 24.2 Å². The number of esters is 1. The first kappa shape index (κ1) is 20.9. The molecule has 0 bridgehead atoms. The second-order valence-corrected chi connectivity index (χ2v) is 7.63. The van der Waals surface area contributed by atoms with E-state index in [9.17, 15) is 19.2 Å². The minimum atomic E-state index is -1.13. The zero-order chi connectivity index (χ0) is 20.8. The van der Waals surface area contributed by atoms with Gasteiger partial charge in [-0.2, -0.15) is 0 Å². The van der Waals surface area contributed by atoms with Crippen molar-refractivity contribution in [2.45, 2.75) is 64.1 Å². The molecule has 1 saturated carbocycles. The quantitative estimate of drug-likeness (QED) is 0.696. The number of hydrogen-bond donors (Lipinski definition) is 2. The Morgan fingerprint density at radius 3 is 2.72 bits per heavy atom. The summed E-state index contributed by atoms with van der Waals surface area (Å²) in [5.41, 5.74) is 0. The van der Waals surface area contributed by atoms with Crippen LogP contribution in [0.1, 0.15) is 51.2 Å². The molecule has 2 unspecified atom stereocenters. The molecule has 29 heavy (non-hydrogen) atoms. The van der Waals surface area contributed by atoms with E-state index in [1.165, 1.54) is 18.1 Å². The molecule has 2 fully saturated rings. The van der Waals surface area contributed by atoms with Gasteiger partial charge in [-0.1, -0.05) is 19.3 Å². The van der Waals surface area contributed by atoms with Crippen molar-refractivity contribution in [3.63, 3.8) is 0 Å². The van der Waals surface area contributed by atoms with Crippen molar-refractivity contribution in [1.29, 1.82) is 0 Å². The lowest BCUT2D eigenvalue weighted by atomic mass is 9.96. The molecule has 1 saturated heterocycles. The van der Waals surface area contributed by atoms with Gasteiger partial charge in [0, 0.05) is 19.0 Å². The van der Waals surface area contributed by atoms with Crippen molar-refractivity contribution in [2.75, 3.05) is 6.54 Å². The zero-order valence-corrected chi connectivity index (χ0v) is 16.5. The molecule has 1 aromatic rings. The highest BCUT2D eigenvalue weighted by atomic mass is 16.5. The number of furan rings is 1. The first-order chi connectivity index (χ1) is 13.9. The van der Waals surface area contributed by atoms with Crippen molar-refractivity contribution >= 4 is 23.8 Å². The molecular weight excluding hydrogens is 378 g/mol. The Hall–Kier alpha value is -2.84. The van der Waals surface area contributed by atoms with E-state index in [0.29, 0.717) is 5.76 Å². The van der Waals surface area contributed by atoms with Crippen LogP contribution in [0.15, 0.2) is 22.8 Å². The molecule has 2 atom stereocenters. The highest BCUT2D eigenvalue weighted by Crippen LogP contribution is 2.22. The molecule has 1 aliphatic heterocycles. The van der Waals surface area contributed by atoms with Crippen LogP contribution < -0.4 is 10.6 Å². The number of nitrogens with zero attached hydrogens (tertiary/aromatic N) is 1. The molecule has 1 aromatic heterocycles. The van der Waals surface area contributed by atoms with Crippen LogP contribution in [-0.2, 0) is 25.7 Å². The average molecular weight is 405 g/mol. The Labute approximate surface area is 169 Å². The van der Waals surface area contributed by atoms with Crippen LogP contribution in [0.2, 0.25) is 0 Å². The van der Waals surface area contributed by atoms with Crippen molar-refractivity contribution in [2.24, 2.45) is 5.92 Å². The maximum atomic E-state index is 12.4. The van der Waals surface area contributed by atoms with Gasteiger partial charge >= 0.3 is 12.0 Å². The number of amides is 4. The van der Waals surface area contributed by atoms with Crippen molar-refractivity contribution < 1.29 is 28.3 Å². The van der Waals surface area contributed by atoms with E-state index < -0.39 is 29.9 Å². The summed E-state index contributed by atoms with van der Waals surface area (Å²) in [5.74, 6) is -1.51. The zero-order valence-electron chi connectivity index (χ0n) is 16.5. The van der Waals surface area contributed by atoms with E-state index >= 15 is 0 Å². The number of carbonyl (C=O) groups is 4. The molecule has 158 valence electrons. The molecule has 3 rings (SSSR count). The summed E-state index contributed by atoms with van der Waals surface area (Å²) in [6.45, 7) is 1.89. The third-order valence-corrected chi connectivity index (χ3v) is 5.31. The molecule has 2 aliphatic rings. The number of carbonyl (C=O) groups excluding carboxylic acids is 4. The summed E-state index contributed by atoms with van der Waals surface area (Å²) < 4.78 is 10.4. The Balaban J connectivity index is 1.42. The molecular formula is C20H27N3O6. The Kier molecular flexibility index (Phi) is 6.90. The second-order valence-electron chi connectivity index (χ2n) is 7.63. The van der Waals surface area contributed by atoms with Gasteiger partial charge in [-0.3, -0.25) is 19.7 Å². The number of likely N-dealkylation sites (tertiary alicyclic amines) is 1. The number of hydrogen-bond acceptors (Lipinski definition) is 6. The normalized spacial score (nSPS) is 20.9. The Morgan fingerprint density at radius 2 is 2.03 bits per heavy atom. The molecule has 1 aliphatic carbocycles. The lowest BCUT2D eigenvalue weighted by molar-refractivity contribution is -0.158. The second kappa shape index (κ2) is 9.58. The number of urea groups is 1. The van der Waals surface area contributed by atoms with Gasteiger partial charge in [0.1, 0.15) is 5.76 Å². The van der Waals surface area contributed by atoms with Crippen LogP contribution in [0.25, 0.3) is 0 Å². The number of nitrogens with one attached hydrogen (secondary N) is 2. The van der Waals surface area contributed by atoms with Gasteiger partial charge in [-0.25, -0.2) is 4.79 Å². The van der Waals surface area contributed by atoms with Crippen molar-refractivity contribution in [3.8, 4) is 0 Å². The van der Waals surface area contributed by atoms with Crippen LogP contribution in [0, 0.1) is 5.92 Å². The standard InChI is InChI=1S/C20H27N3O6/c1-13(18(25)22-20(27)21-15-6-3-2-4-7-15)29-19(26)14-10-17(24)23(11-14)12-16-8-5-9-28-16/h5,8-9,13-15H,2-4,6-7,10-12H2,1H3,(H2,21,22,25,27). The SMILES string of the molecule is CC(OC(=O)C1CC(=O)N(Cc2ccco2)C1)C(=O)NC(=O)NC1CCCCC1. The summed E-state index contributed by atoms with van der Waals surface area (Å²) in [4.78, 5) is 50.1. The van der Waals surface area contributed by atoms with Crippen LogP contribution in [0.5, 0.6) is 0 Å². The predicted octanol–water partition coefficient (Wildman–Crippen LogP) is 1.72. The van der Waals surface area contributed by atoms with E-state index in [1.54, 1.807) is 12.1 Å². The van der Waals surface area contributed by atoms with Crippen LogP contribution >= 0.6 is 0 Å². The number of rotatable bonds is 6. The summed E-state index contributed by atoms with van der Waals surface area (Å²) in [7, 11) is 0. The fourth-order valence-electron chi connectivity index (χ4n) is 3.68. The Bertz CT molecular complexity index is 741. The third kappa shape index (κ3) is 5.82. The fourth-order valence-corrected chi connectivity index (χ4v) is 3.68. The molecule has 4 amide bonds. The molecule has 0 radical (unpaired) electrons. The van der Waals surface area contributed by atoms with Gasteiger partial charge in [0.05, 0.1) is 18.7 Å². The van der Waals surface area contributed by atoms with E-state index in [-0.39, 0.29) is 31.5 Å². The van der Waals surface area contributed by atoms with Gasteiger partial charge in [-0.15, -0.1) is 0 Å². The summed E-state index contributed by atoms with van der Waals surface area (Å²) >= 11 is 0. The molecule has 2 N–H and O–H groups in total. The maximum absolute atomic E-state index is 12.4. The first-order valence-electron chi connectivity index (χ1n) is 10.0. The van der Waals surface area contributed by atoms with E-state index in [1.807, 2.05) is 0 Å². The van der Waals surface area contributed by atoms with E-state index in [4.69, 9.17) is 9.15 Å². The van der Waals surface area contributed by atoms with Gasteiger partial charge in [0.2, 0.25) is 5.91 Å². The highest BCUT2D eigenvalue weighted by Gasteiger charge is 2.37. The minimum absolute atomic E-state index is 0.0239. The van der Waals surface area contributed by atoms with Gasteiger partial charge < -0.3 is 19.4 Å². The van der Waals surface area contributed by atoms with Crippen LogP contribution in [0.4, 0.5) is 4.79 Å². The fraction of sp³-hybridized carbons (Fsp3) is 0.600. The molecule has 0 spiro atoms. The monoisotopic (exact) mass is 405 g/mol.